The van der Waals surface area contributed by atoms with E-state index >= 15 is 0 Å². The van der Waals surface area contributed by atoms with Crippen molar-refractivity contribution in [2.24, 2.45) is 0 Å². The van der Waals surface area contributed by atoms with Crippen molar-refractivity contribution in [1.29, 1.82) is 0 Å². The van der Waals surface area contributed by atoms with Gasteiger partial charge in [0.2, 0.25) is 0 Å². The van der Waals surface area contributed by atoms with Gasteiger partial charge in [0.25, 0.3) is 5.91 Å². The summed E-state index contributed by atoms with van der Waals surface area (Å²) in [7, 11) is 0. The van der Waals surface area contributed by atoms with Crippen LogP contribution in [0.25, 0.3) is 0 Å². The zero-order valence-electron chi connectivity index (χ0n) is 15.2. The van der Waals surface area contributed by atoms with E-state index in [0.29, 0.717) is 34.0 Å². The second-order valence-electron chi connectivity index (χ2n) is 6.93. The van der Waals surface area contributed by atoms with Crippen LogP contribution in [0, 0.1) is 13.8 Å². The van der Waals surface area contributed by atoms with Crippen LogP contribution in [-0.4, -0.2) is 20.3 Å². The molecule has 0 unspecified atom stereocenters. The Labute approximate surface area is 167 Å². The molecule has 1 N–H and O–H groups in total. The zero-order valence-corrected chi connectivity index (χ0v) is 16.7. The first-order chi connectivity index (χ1) is 13.0. The van der Waals surface area contributed by atoms with E-state index in [1.165, 1.54) is 12.8 Å². The Morgan fingerprint density at radius 2 is 2.04 bits per heavy atom. The molecular weight excluding hydrogens is 383 g/mol. The normalized spacial score (nSPS) is 13.8. The number of anilines is 1. The van der Waals surface area contributed by atoms with E-state index in [2.05, 4.69) is 15.0 Å². The SMILES string of the molecule is Cc1cc(C(=O)Nc2ccnn2Cc2cccc(Cl)c2Cl)c(C)n1C1CC1. The van der Waals surface area contributed by atoms with Crippen LogP contribution < -0.4 is 5.32 Å². The summed E-state index contributed by atoms with van der Waals surface area (Å²) in [6.07, 6.45) is 4.02. The minimum atomic E-state index is -0.131. The van der Waals surface area contributed by atoms with Gasteiger partial charge in [0.1, 0.15) is 5.82 Å². The molecule has 2 heterocycles. The standard InChI is InChI=1S/C20H20Cl2N4O/c1-12-10-16(13(2)26(12)15-6-7-15)20(27)24-18-8-9-23-25(18)11-14-4-3-5-17(21)19(14)22/h3-5,8-10,15H,6-7,11H2,1-2H3,(H,24,27). The van der Waals surface area contributed by atoms with Crippen LogP contribution in [0.3, 0.4) is 0 Å². The van der Waals surface area contributed by atoms with E-state index in [-0.39, 0.29) is 5.91 Å². The van der Waals surface area contributed by atoms with Gasteiger partial charge in [-0.15, -0.1) is 0 Å². The topological polar surface area (TPSA) is 51.9 Å². The van der Waals surface area contributed by atoms with Gasteiger partial charge in [-0.05, 0) is 44.4 Å². The van der Waals surface area contributed by atoms with Gasteiger partial charge < -0.3 is 9.88 Å². The first-order valence-corrected chi connectivity index (χ1v) is 9.65. The van der Waals surface area contributed by atoms with Crippen molar-refractivity contribution in [1.82, 2.24) is 14.3 Å². The lowest BCUT2D eigenvalue weighted by Gasteiger charge is -2.11. The van der Waals surface area contributed by atoms with Crippen LogP contribution in [0.2, 0.25) is 10.0 Å². The third-order valence-corrected chi connectivity index (χ3v) is 5.81. The third-order valence-electron chi connectivity index (χ3n) is 4.95. The summed E-state index contributed by atoms with van der Waals surface area (Å²) in [5.41, 5.74) is 3.68. The summed E-state index contributed by atoms with van der Waals surface area (Å²) in [6, 6.07) is 9.76. The average Bonchev–Trinajstić information content (AvgIpc) is 3.29. The highest BCUT2D eigenvalue weighted by Crippen LogP contribution is 2.38. The molecular formula is C20H20Cl2N4O. The van der Waals surface area contributed by atoms with Gasteiger partial charge in [0, 0.05) is 23.5 Å². The van der Waals surface area contributed by atoms with Crippen LogP contribution in [-0.2, 0) is 6.54 Å². The second kappa shape index (κ2) is 7.06. The molecule has 0 radical (unpaired) electrons. The monoisotopic (exact) mass is 402 g/mol. The molecule has 1 amide bonds. The van der Waals surface area contributed by atoms with E-state index in [9.17, 15) is 4.79 Å². The molecule has 0 bridgehead atoms. The van der Waals surface area contributed by atoms with Crippen LogP contribution in [0.1, 0.15) is 46.2 Å². The molecule has 1 aliphatic rings. The van der Waals surface area contributed by atoms with Crippen molar-refractivity contribution in [2.45, 2.75) is 39.3 Å². The Morgan fingerprint density at radius 1 is 1.26 bits per heavy atom. The van der Waals surface area contributed by atoms with Gasteiger partial charge in [-0.1, -0.05) is 35.3 Å². The van der Waals surface area contributed by atoms with Gasteiger partial charge in [-0.25, -0.2) is 4.68 Å². The number of aromatic nitrogens is 3. The lowest BCUT2D eigenvalue weighted by molar-refractivity contribution is 0.102. The van der Waals surface area contributed by atoms with Crippen molar-refractivity contribution in [2.75, 3.05) is 5.32 Å². The zero-order chi connectivity index (χ0) is 19.1. The van der Waals surface area contributed by atoms with Crippen LogP contribution in [0.15, 0.2) is 36.5 Å². The van der Waals surface area contributed by atoms with Gasteiger partial charge >= 0.3 is 0 Å². The molecule has 1 fully saturated rings. The number of carbonyl (C=O) groups excluding carboxylic acids is 1. The number of carbonyl (C=O) groups is 1. The van der Waals surface area contributed by atoms with Crippen molar-refractivity contribution in [3.05, 3.63) is 69.1 Å². The summed E-state index contributed by atoms with van der Waals surface area (Å²) in [5.74, 6) is 0.487. The molecule has 1 aromatic carbocycles. The summed E-state index contributed by atoms with van der Waals surface area (Å²) >= 11 is 12.4. The minimum absolute atomic E-state index is 0.131. The fourth-order valence-corrected chi connectivity index (χ4v) is 3.86. The number of benzene rings is 1. The molecule has 7 heteroatoms. The van der Waals surface area contributed by atoms with E-state index in [4.69, 9.17) is 23.2 Å². The van der Waals surface area contributed by atoms with Gasteiger partial charge in [-0.3, -0.25) is 4.79 Å². The Bertz CT molecular complexity index is 1020. The van der Waals surface area contributed by atoms with E-state index in [0.717, 1.165) is 17.0 Å². The number of nitrogens with one attached hydrogen (secondary N) is 1. The first-order valence-electron chi connectivity index (χ1n) is 8.90. The van der Waals surface area contributed by atoms with E-state index in [1.54, 1.807) is 23.0 Å². The third kappa shape index (κ3) is 3.49. The number of hydrogen-bond donors (Lipinski definition) is 1. The maximum atomic E-state index is 12.9. The molecule has 1 aliphatic carbocycles. The largest absolute Gasteiger partial charge is 0.345 e. The van der Waals surface area contributed by atoms with Gasteiger partial charge in [0.05, 0.1) is 28.4 Å². The van der Waals surface area contributed by atoms with Crippen LogP contribution in [0.5, 0.6) is 0 Å². The lowest BCUT2D eigenvalue weighted by atomic mass is 10.2. The number of aryl methyl sites for hydroxylation is 1. The van der Waals surface area contributed by atoms with Crippen molar-refractivity contribution in [3.8, 4) is 0 Å². The molecule has 0 spiro atoms. The molecule has 3 aromatic rings. The van der Waals surface area contributed by atoms with Gasteiger partial charge in [0.15, 0.2) is 0 Å². The quantitative estimate of drug-likeness (QED) is 0.633. The maximum Gasteiger partial charge on any atom is 0.258 e. The van der Waals surface area contributed by atoms with E-state index < -0.39 is 0 Å². The Hall–Kier alpha value is -2.24. The highest BCUT2D eigenvalue weighted by molar-refractivity contribution is 6.42. The molecule has 4 rings (SSSR count). The van der Waals surface area contributed by atoms with Crippen molar-refractivity contribution < 1.29 is 4.79 Å². The summed E-state index contributed by atoms with van der Waals surface area (Å²) < 4.78 is 3.97. The molecule has 1 saturated carbocycles. The Morgan fingerprint density at radius 3 is 2.78 bits per heavy atom. The van der Waals surface area contributed by atoms with Crippen molar-refractivity contribution in [3.63, 3.8) is 0 Å². The maximum absolute atomic E-state index is 12.9. The molecule has 5 nitrogen and oxygen atoms in total. The molecule has 0 atom stereocenters. The molecule has 0 saturated heterocycles. The highest BCUT2D eigenvalue weighted by Gasteiger charge is 2.28. The fraction of sp³-hybridized carbons (Fsp3) is 0.300. The Kier molecular flexibility index (Phi) is 4.74. The Balaban J connectivity index is 1.56. The highest BCUT2D eigenvalue weighted by atomic mass is 35.5. The second-order valence-corrected chi connectivity index (χ2v) is 7.71. The van der Waals surface area contributed by atoms with Crippen molar-refractivity contribution >= 4 is 34.9 Å². The van der Waals surface area contributed by atoms with Crippen LogP contribution >= 0.6 is 23.2 Å². The first kappa shape index (κ1) is 18.1. The predicted octanol–water partition coefficient (Wildman–Crippen LogP) is 5.24. The smallest absolute Gasteiger partial charge is 0.258 e. The minimum Gasteiger partial charge on any atom is -0.345 e. The number of amides is 1. The number of nitrogens with zero attached hydrogens (tertiary/aromatic N) is 3. The van der Waals surface area contributed by atoms with Crippen LogP contribution in [0.4, 0.5) is 5.82 Å². The molecule has 27 heavy (non-hydrogen) atoms. The summed E-state index contributed by atoms with van der Waals surface area (Å²) in [4.78, 5) is 12.9. The van der Waals surface area contributed by atoms with E-state index in [1.807, 2.05) is 32.0 Å². The summed E-state index contributed by atoms with van der Waals surface area (Å²) in [6.45, 7) is 4.47. The lowest BCUT2D eigenvalue weighted by Crippen LogP contribution is -2.17. The fourth-order valence-electron chi connectivity index (χ4n) is 3.48. The van der Waals surface area contributed by atoms with Gasteiger partial charge in [-0.2, -0.15) is 5.10 Å². The number of hydrogen-bond acceptors (Lipinski definition) is 2. The predicted molar refractivity (Wildman–Crippen MR) is 108 cm³/mol. The summed E-state index contributed by atoms with van der Waals surface area (Å²) in [5, 5.41) is 8.28. The average molecular weight is 403 g/mol. The molecule has 0 aliphatic heterocycles. The molecule has 2 aromatic heterocycles. The number of rotatable bonds is 5. The number of halogens is 2. The molecule has 140 valence electrons.